The number of halogens is 2. The number of rotatable bonds is 7. The lowest BCUT2D eigenvalue weighted by Crippen LogP contribution is -2.10. The van der Waals surface area contributed by atoms with Crippen LogP contribution in [0.15, 0.2) is 36.4 Å². The Morgan fingerprint density at radius 2 is 1.94 bits per heavy atom. The molecule has 166 valence electrons. The molecule has 3 rings (SSSR count). The van der Waals surface area contributed by atoms with Crippen molar-refractivity contribution < 1.29 is 18.7 Å². The maximum atomic E-state index is 11.6. The Labute approximate surface area is 190 Å². The first-order valence-corrected chi connectivity index (χ1v) is 12.2. The van der Waals surface area contributed by atoms with Crippen LogP contribution in [0.2, 0.25) is 0 Å². The molecule has 0 atom stereocenters. The third kappa shape index (κ3) is 6.75. The molecule has 31 heavy (non-hydrogen) atoms. The number of carbonyl (C=O) groups is 1. The van der Waals surface area contributed by atoms with Gasteiger partial charge in [-0.25, -0.2) is 9.19 Å². The zero-order valence-corrected chi connectivity index (χ0v) is 19.2. The summed E-state index contributed by atoms with van der Waals surface area (Å²) in [5.74, 6) is -0.235. The van der Waals surface area contributed by atoms with E-state index >= 15 is 0 Å². The Hall–Kier alpha value is -2.49. The standard InChI is InChI=1S/C20H21N3O4.Cl2OS/c1-3-17(24)27-12-6-11-21-20-14-7-4-5-8-15(14)22-19-13(2)9-10-16(18(19)20)23(25)26;1-4(2)3/h4-5,7-10H,3,6,11-12H2,1-2H3,(H,21,22);. The summed E-state index contributed by atoms with van der Waals surface area (Å²) in [6, 6.07) is 10.8. The summed E-state index contributed by atoms with van der Waals surface area (Å²) < 4.78 is 14.2. The van der Waals surface area contributed by atoms with Gasteiger partial charge in [0.1, 0.15) is 5.39 Å². The SMILES string of the molecule is CCC(=O)OCCCNc1c2ccccc2nc2c(C)ccc([N+](=O)[O-])c12.O=S(Cl)Cl. The molecule has 0 aliphatic carbocycles. The molecule has 1 heterocycles. The summed E-state index contributed by atoms with van der Waals surface area (Å²) in [4.78, 5) is 27.1. The molecule has 0 aliphatic heterocycles. The van der Waals surface area contributed by atoms with Crippen LogP contribution < -0.4 is 5.32 Å². The van der Waals surface area contributed by atoms with Gasteiger partial charge in [0, 0.05) is 45.8 Å². The molecule has 0 fully saturated rings. The predicted octanol–water partition coefficient (Wildman–Crippen LogP) is 5.40. The van der Waals surface area contributed by atoms with Gasteiger partial charge in [-0.3, -0.25) is 14.9 Å². The van der Waals surface area contributed by atoms with Crippen LogP contribution in [-0.2, 0) is 18.8 Å². The number of non-ortho nitro benzene ring substituents is 1. The molecule has 1 N–H and O–H groups in total. The zero-order chi connectivity index (χ0) is 23.0. The Morgan fingerprint density at radius 3 is 2.58 bits per heavy atom. The number of anilines is 1. The fourth-order valence-electron chi connectivity index (χ4n) is 3.02. The van der Waals surface area contributed by atoms with E-state index in [1.165, 1.54) is 6.07 Å². The molecule has 1 aromatic heterocycles. The minimum atomic E-state index is -1.67. The quantitative estimate of drug-likeness (QED) is 0.119. The highest BCUT2D eigenvalue weighted by atomic mass is 36.0. The molecule has 0 spiro atoms. The minimum absolute atomic E-state index is 0.0220. The maximum Gasteiger partial charge on any atom is 0.305 e. The van der Waals surface area contributed by atoms with Gasteiger partial charge in [-0.05, 0) is 25.0 Å². The number of ether oxygens (including phenoxy) is 1. The molecule has 0 amide bonds. The molecule has 0 unspecified atom stereocenters. The zero-order valence-electron chi connectivity index (χ0n) is 16.9. The molecule has 2 aromatic carbocycles. The van der Waals surface area contributed by atoms with Crippen molar-refractivity contribution in [1.82, 2.24) is 4.98 Å². The van der Waals surface area contributed by atoms with Gasteiger partial charge >= 0.3 is 5.97 Å². The van der Waals surface area contributed by atoms with E-state index < -0.39 is 9.23 Å². The molecule has 3 aromatic rings. The van der Waals surface area contributed by atoms with Crippen LogP contribution in [0.3, 0.4) is 0 Å². The topological polar surface area (TPSA) is 111 Å². The first-order chi connectivity index (χ1) is 14.8. The van der Waals surface area contributed by atoms with Gasteiger partial charge in [-0.1, -0.05) is 31.2 Å². The molecule has 0 aliphatic rings. The van der Waals surface area contributed by atoms with Crippen molar-refractivity contribution in [2.45, 2.75) is 26.7 Å². The second kappa shape index (κ2) is 11.8. The van der Waals surface area contributed by atoms with Gasteiger partial charge in [-0.2, -0.15) is 0 Å². The van der Waals surface area contributed by atoms with Crippen molar-refractivity contribution in [2.24, 2.45) is 0 Å². The second-order valence-corrected chi connectivity index (χ2v) is 8.95. The highest BCUT2D eigenvalue weighted by Crippen LogP contribution is 2.37. The van der Waals surface area contributed by atoms with E-state index in [-0.39, 0.29) is 16.6 Å². The highest BCUT2D eigenvalue weighted by Gasteiger charge is 2.20. The number of aryl methyl sites for hydroxylation is 1. The molecule has 0 radical (unpaired) electrons. The first-order valence-electron chi connectivity index (χ1n) is 9.36. The predicted molar refractivity (Wildman–Crippen MR) is 125 cm³/mol. The van der Waals surface area contributed by atoms with E-state index in [4.69, 9.17) is 8.95 Å². The number of nitrogens with one attached hydrogen (secondary N) is 1. The van der Waals surface area contributed by atoms with Gasteiger partial charge < -0.3 is 10.1 Å². The normalized spacial score (nSPS) is 10.6. The lowest BCUT2D eigenvalue weighted by atomic mass is 10.0. The molecule has 0 bridgehead atoms. The summed E-state index contributed by atoms with van der Waals surface area (Å²) in [6.45, 7) is 4.46. The Bertz CT molecular complexity index is 1120. The maximum absolute atomic E-state index is 11.6. The third-order valence-electron chi connectivity index (χ3n) is 4.38. The van der Waals surface area contributed by atoms with Crippen LogP contribution in [-0.4, -0.2) is 33.2 Å². The van der Waals surface area contributed by atoms with E-state index in [2.05, 4.69) is 31.7 Å². The van der Waals surface area contributed by atoms with Gasteiger partial charge in [0.05, 0.1) is 28.3 Å². The van der Waals surface area contributed by atoms with Crippen molar-refractivity contribution in [1.29, 1.82) is 0 Å². The number of hydrogen-bond donors (Lipinski definition) is 1. The molecule has 11 heteroatoms. The number of nitro groups is 1. The number of esters is 1. The number of nitro benzene ring substituents is 1. The number of aromatic nitrogens is 1. The molecule has 8 nitrogen and oxygen atoms in total. The van der Waals surface area contributed by atoms with Gasteiger partial charge in [0.15, 0.2) is 0 Å². The molecule has 0 saturated carbocycles. The number of fused-ring (bicyclic) bond motifs is 2. The van der Waals surface area contributed by atoms with Crippen molar-refractivity contribution in [3.05, 3.63) is 52.1 Å². The van der Waals surface area contributed by atoms with E-state index in [0.717, 1.165) is 16.5 Å². The Morgan fingerprint density at radius 1 is 1.26 bits per heavy atom. The summed E-state index contributed by atoms with van der Waals surface area (Å²) >= 11 is 0. The molecule has 0 saturated heterocycles. The van der Waals surface area contributed by atoms with Crippen molar-refractivity contribution in [3.8, 4) is 0 Å². The number of benzene rings is 2. The average molecular weight is 486 g/mol. The van der Waals surface area contributed by atoms with Gasteiger partial charge in [0.2, 0.25) is 9.23 Å². The second-order valence-electron chi connectivity index (χ2n) is 6.42. The highest BCUT2D eigenvalue weighted by molar-refractivity contribution is 8.26. The summed E-state index contributed by atoms with van der Waals surface area (Å²) in [5, 5.41) is 16.2. The van der Waals surface area contributed by atoms with Gasteiger partial charge in [0.25, 0.3) is 5.69 Å². The lowest BCUT2D eigenvalue weighted by Gasteiger charge is -2.14. The largest absolute Gasteiger partial charge is 0.466 e. The van der Waals surface area contributed by atoms with E-state index in [0.29, 0.717) is 42.6 Å². The van der Waals surface area contributed by atoms with Gasteiger partial charge in [-0.15, -0.1) is 0 Å². The number of pyridine rings is 1. The molecular weight excluding hydrogens is 465 g/mol. The number of carbonyl (C=O) groups excluding carboxylic acids is 1. The summed E-state index contributed by atoms with van der Waals surface area (Å²) in [7, 11) is 7.36. The Balaban J connectivity index is 0.000000785. The fourth-order valence-corrected chi connectivity index (χ4v) is 3.02. The Kier molecular flexibility index (Phi) is 9.42. The van der Waals surface area contributed by atoms with E-state index in [9.17, 15) is 14.9 Å². The van der Waals surface area contributed by atoms with Crippen LogP contribution in [0.5, 0.6) is 0 Å². The van der Waals surface area contributed by atoms with Crippen LogP contribution in [0.25, 0.3) is 21.8 Å². The average Bonchev–Trinajstić information content (AvgIpc) is 2.72. The lowest BCUT2D eigenvalue weighted by molar-refractivity contribution is -0.383. The van der Waals surface area contributed by atoms with Crippen LogP contribution in [0, 0.1) is 17.0 Å². The number of nitrogens with zero attached hydrogens (tertiary/aromatic N) is 2. The van der Waals surface area contributed by atoms with Crippen molar-refractivity contribution >= 4 is 69.7 Å². The minimum Gasteiger partial charge on any atom is -0.466 e. The van der Waals surface area contributed by atoms with Crippen molar-refractivity contribution in [2.75, 3.05) is 18.5 Å². The number of para-hydroxylation sites is 1. The van der Waals surface area contributed by atoms with Crippen molar-refractivity contribution in [3.63, 3.8) is 0 Å². The monoisotopic (exact) mass is 485 g/mol. The van der Waals surface area contributed by atoms with E-state index in [1.54, 1.807) is 13.0 Å². The van der Waals surface area contributed by atoms with Crippen LogP contribution >= 0.6 is 21.4 Å². The third-order valence-corrected chi connectivity index (χ3v) is 4.38. The van der Waals surface area contributed by atoms with E-state index in [1.807, 2.05) is 31.2 Å². The van der Waals surface area contributed by atoms with Crippen LogP contribution in [0.4, 0.5) is 11.4 Å². The summed E-state index contributed by atoms with van der Waals surface area (Å²) in [6.07, 6.45) is 0.946. The smallest absolute Gasteiger partial charge is 0.305 e. The fraction of sp³-hybridized carbons (Fsp3) is 0.300. The number of hydrogen-bond acceptors (Lipinski definition) is 7. The first kappa shape index (κ1) is 24.8. The van der Waals surface area contributed by atoms with Crippen LogP contribution in [0.1, 0.15) is 25.3 Å². The summed E-state index contributed by atoms with van der Waals surface area (Å²) in [5.41, 5.74) is 2.97. The molecular formula is C20H21Cl2N3O5S.